The molecule has 3 unspecified atom stereocenters. The van der Waals surface area contributed by atoms with Gasteiger partial charge in [-0.2, -0.15) is 0 Å². The van der Waals surface area contributed by atoms with Gasteiger partial charge in [-0.05, 0) is 89.9 Å². The van der Waals surface area contributed by atoms with Crippen LogP contribution in [0.4, 0.5) is 0 Å². The molecule has 0 spiro atoms. The first kappa shape index (κ1) is 70.7. The topological polar surface area (TPSA) is 155 Å². The molecule has 74 heavy (non-hydrogen) atoms. The summed E-state index contributed by atoms with van der Waals surface area (Å²) in [6.45, 7) is 4.38. The first-order valence-electron chi connectivity index (χ1n) is 29.5. The Morgan fingerprint density at radius 1 is 0.392 bits per heavy atom. The van der Waals surface area contributed by atoms with Crippen molar-refractivity contribution in [3.8, 4) is 0 Å². The lowest BCUT2D eigenvalue weighted by Crippen LogP contribution is -2.30. The van der Waals surface area contributed by atoms with E-state index in [-0.39, 0.29) is 25.9 Å². The molecule has 0 amide bonds. The second-order valence-corrected chi connectivity index (χ2v) is 20.9. The second kappa shape index (κ2) is 55.9. The molecule has 2 N–H and O–H groups in total. The summed E-state index contributed by atoms with van der Waals surface area (Å²) < 4.78 is 39.5. The second-order valence-electron chi connectivity index (χ2n) is 19.4. The lowest BCUT2D eigenvalue weighted by Gasteiger charge is -2.21. The molecule has 0 fully saturated rings. The normalized spacial score (nSPS) is 14.0. The lowest BCUT2D eigenvalue weighted by molar-refractivity contribution is -0.161. The number of allylic oxidation sites excluding steroid dienone is 14. The average molecular weight is 1060 g/mol. The molecule has 0 rings (SSSR count). The highest BCUT2D eigenvalue weighted by Gasteiger charge is 2.28. The van der Waals surface area contributed by atoms with E-state index in [4.69, 9.17) is 23.3 Å². The van der Waals surface area contributed by atoms with Crippen LogP contribution in [0.2, 0.25) is 0 Å². The van der Waals surface area contributed by atoms with Crippen molar-refractivity contribution in [1.82, 2.24) is 0 Å². The van der Waals surface area contributed by atoms with Crippen LogP contribution in [-0.4, -0.2) is 66.5 Å². The summed E-state index contributed by atoms with van der Waals surface area (Å²) in [5, 5.41) is 9.81. The predicted octanol–water partition coefficient (Wildman–Crippen LogP) is 17.5. The number of aliphatic hydroxyl groups excluding tert-OH is 1. The summed E-state index contributed by atoms with van der Waals surface area (Å²) in [5.74, 6) is -1.51. The molecular weight excluding hydrogens is 952 g/mol. The van der Waals surface area contributed by atoms with Crippen molar-refractivity contribution < 1.29 is 52.2 Å². The molecule has 0 aromatic heterocycles. The van der Waals surface area contributed by atoms with E-state index in [1.807, 2.05) is 0 Å². The highest BCUT2D eigenvalue weighted by molar-refractivity contribution is 7.47. The number of hydrogen-bond donors (Lipinski definition) is 2. The minimum atomic E-state index is -4.76. The van der Waals surface area contributed by atoms with E-state index in [0.29, 0.717) is 19.3 Å². The molecular formula is C62H107O11P. The average Bonchev–Trinajstić information content (AvgIpc) is 3.39. The van der Waals surface area contributed by atoms with Crippen molar-refractivity contribution in [1.29, 1.82) is 0 Å². The van der Waals surface area contributed by atoms with E-state index in [1.54, 1.807) is 0 Å². The summed E-state index contributed by atoms with van der Waals surface area (Å²) in [6.07, 6.45) is 64.0. The number of esters is 3. The molecule has 0 aliphatic rings. The molecule has 12 heteroatoms. The number of unbranched alkanes of at least 4 members (excludes halogenated alkanes) is 23. The zero-order chi connectivity index (χ0) is 54.1. The van der Waals surface area contributed by atoms with Crippen LogP contribution in [0.3, 0.4) is 0 Å². The zero-order valence-corrected chi connectivity index (χ0v) is 47.9. The molecule has 426 valence electrons. The Labute approximate surface area is 451 Å². The summed E-state index contributed by atoms with van der Waals surface area (Å²) in [6, 6.07) is 0. The molecule has 0 heterocycles. The molecule has 0 saturated heterocycles. The summed E-state index contributed by atoms with van der Waals surface area (Å²) in [7, 11) is -4.76. The van der Waals surface area contributed by atoms with E-state index in [0.717, 1.165) is 116 Å². The third kappa shape index (κ3) is 53.5. The summed E-state index contributed by atoms with van der Waals surface area (Å²) in [4.78, 5) is 48.6. The van der Waals surface area contributed by atoms with Gasteiger partial charge in [0.15, 0.2) is 6.10 Å². The largest absolute Gasteiger partial charge is 0.472 e. The third-order valence-electron chi connectivity index (χ3n) is 12.3. The zero-order valence-electron chi connectivity index (χ0n) is 47.0. The van der Waals surface area contributed by atoms with Crippen molar-refractivity contribution in [2.75, 3.05) is 26.4 Å². The highest BCUT2D eigenvalue weighted by atomic mass is 31.2. The van der Waals surface area contributed by atoms with Gasteiger partial charge in [-0.3, -0.25) is 23.4 Å². The van der Waals surface area contributed by atoms with Crippen LogP contribution in [0.5, 0.6) is 0 Å². The van der Waals surface area contributed by atoms with Crippen LogP contribution >= 0.6 is 7.82 Å². The first-order chi connectivity index (χ1) is 36.2. The number of ether oxygens (including phenoxy) is 3. The molecule has 0 aromatic carbocycles. The van der Waals surface area contributed by atoms with Gasteiger partial charge in [-0.1, -0.05) is 228 Å². The fraction of sp³-hybridized carbons (Fsp3) is 0.726. The maximum atomic E-state index is 12.9. The Kier molecular flexibility index (Phi) is 53.4. The van der Waals surface area contributed by atoms with Gasteiger partial charge < -0.3 is 24.2 Å². The number of carbonyl (C=O) groups excluding carboxylic acids is 3. The monoisotopic (exact) mass is 1060 g/mol. The van der Waals surface area contributed by atoms with Crippen LogP contribution in [0.25, 0.3) is 0 Å². The van der Waals surface area contributed by atoms with E-state index in [1.165, 1.54) is 77.0 Å². The Hall–Kier alpha value is -3.34. The SMILES string of the molecule is CC/C=C\C/C=C\C/C=C\C/C=C\CCCCC(=O)OC(CO)COP(=O)(O)OCC(COC(=O)CCCCCCCCCCCCCCCCC)OC(=O)CCCCCCCCC/C=C\C/C=C\C/C=C\CC. The fourth-order valence-electron chi connectivity index (χ4n) is 7.89. The molecule has 11 nitrogen and oxygen atoms in total. The fourth-order valence-corrected chi connectivity index (χ4v) is 8.68. The number of aliphatic hydroxyl groups is 1. The minimum Gasteiger partial charge on any atom is -0.462 e. The number of carbonyl (C=O) groups is 3. The van der Waals surface area contributed by atoms with Crippen LogP contribution in [0.15, 0.2) is 85.1 Å². The van der Waals surface area contributed by atoms with Crippen LogP contribution < -0.4 is 0 Å². The Bertz CT molecular complexity index is 1560. The van der Waals surface area contributed by atoms with Gasteiger partial charge in [0.2, 0.25) is 0 Å². The van der Waals surface area contributed by atoms with Gasteiger partial charge in [0, 0.05) is 19.3 Å². The quantitative estimate of drug-likeness (QED) is 0.0197. The van der Waals surface area contributed by atoms with Gasteiger partial charge in [0.25, 0.3) is 0 Å². The van der Waals surface area contributed by atoms with Gasteiger partial charge in [-0.25, -0.2) is 4.57 Å². The van der Waals surface area contributed by atoms with Crippen molar-refractivity contribution in [3.05, 3.63) is 85.1 Å². The maximum absolute atomic E-state index is 12.9. The van der Waals surface area contributed by atoms with E-state index >= 15 is 0 Å². The first-order valence-corrected chi connectivity index (χ1v) is 31.0. The number of phosphoric ester groups is 1. The van der Waals surface area contributed by atoms with Crippen LogP contribution in [0.1, 0.15) is 252 Å². The summed E-state index contributed by atoms with van der Waals surface area (Å²) >= 11 is 0. The van der Waals surface area contributed by atoms with E-state index in [9.17, 15) is 28.9 Å². The van der Waals surface area contributed by atoms with Crippen molar-refractivity contribution >= 4 is 25.7 Å². The number of hydrogen-bond acceptors (Lipinski definition) is 10. The van der Waals surface area contributed by atoms with Gasteiger partial charge in [0.05, 0.1) is 19.8 Å². The van der Waals surface area contributed by atoms with Gasteiger partial charge >= 0.3 is 25.7 Å². The smallest absolute Gasteiger partial charge is 0.462 e. The number of phosphoric acid groups is 1. The van der Waals surface area contributed by atoms with Crippen LogP contribution in [-0.2, 0) is 42.2 Å². The number of rotatable bonds is 54. The maximum Gasteiger partial charge on any atom is 0.472 e. The molecule has 0 aromatic rings. The minimum absolute atomic E-state index is 0.122. The standard InChI is InChI=1S/C62H107O11P/c1-4-7-10-13-16-19-22-25-28-29-32-35-38-41-44-47-50-53-62(66)73-59(55-69-60(64)51-48-45-42-39-36-33-30-26-23-20-17-14-11-8-5-2)57-71-74(67,68)70-56-58(54-63)72-61(65)52-49-46-43-40-37-34-31-27-24-21-18-15-12-9-6-3/h7,9-10,12,16,18-19,21,25,27-28,31,37,40,58-59,63H,4-6,8,11,13-15,17,20,22-24,26,29-30,32-36,38-39,41-57H2,1-3H3,(H,67,68)/b10-7-,12-9-,19-16-,21-18-,28-25-,31-27-,40-37-. The van der Waals surface area contributed by atoms with Crippen molar-refractivity contribution in [2.45, 2.75) is 264 Å². The molecule has 0 saturated carbocycles. The molecule has 0 radical (unpaired) electrons. The Morgan fingerprint density at radius 2 is 0.703 bits per heavy atom. The van der Waals surface area contributed by atoms with E-state index < -0.39 is 57.8 Å². The summed E-state index contributed by atoms with van der Waals surface area (Å²) in [5.41, 5.74) is 0. The van der Waals surface area contributed by atoms with E-state index in [2.05, 4.69) is 106 Å². The molecule has 0 aliphatic carbocycles. The molecule has 0 aliphatic heterocycles. The Balaban J connectivity index is 4.77. The van der Waals surface area contributed by atoms with Crippen LogP contribution in [0, 0.1) is 0 Å². The molecule has 0 bridgehead atoms. The van der Waals surface area contributed by atoms with Gasteiger partial charge in [-0.15, -0.1) is 0 Å². The predicted molar refractivity (Wildman–Crippen MR) is 307 cm³/mol. The molecule has 3 atom stereocenters. The lowest BCUT2D eigenvalue weighted by atomic mass is 10.0. The van der Waals surface area contributed by atoms with Gasteiger partial charge in [0.1, 0.15) is 12.7 Å². The third-order valence-corrected chi connectivity index (χ3v) is 13.3. The van der Waals surface area contributed by atoms with Crippen molar-refractivity contribution in [2.24, 2.45) is 0 Å². The highest BCUT2D eigenvalue weighted by Crippen LogP contribution is 2.43. The van der Waals surface area contributed by atoms with Crippen molar-refractivity contribution in [3.63, 3.8) is 0 Å². The Morgan fingerprint density at radius 3 is 1.11 bits per heavy atom.